The van der Waals surface area contributed by atoms with E-state index in [2.05, 4.69) is 10.3 Å². The van der Waals surface area contributed by atoms with Crippen molar-refractivity contribution in [1.29, 1.82) is 0 Å². The van der Waals surface area contributed by atoms with Gasteiger partial charge in [-0.15, -0.1) is 0 Å². The van der Waals surface area contributed by atoms with Gasteiger partial charge in [-0.25, -0.2) is 14.2 Å². The van der Waals surface area contributed by atoms with Gasteiger partial charge in [-0.1, -0.05) is 6.07 Å². The highest BCUT2D eigenvalue weighted by Crippen LogP contribution is 2.20. The maximum atomic E-state index is 12.8. The van der Waals surface area contributed by atoms with E-state index in [9.17, 15) is 14.0 Å². The molecule has 3 rings (SSSR count). The van der Waals surface area contributed by atoms with E-state index in [0.29, 0.717) is 17.2 Å². The second-order valence-corrected chi connectivity index (χ2v) is 4.70. The van der Waals surface area contributed by atoms with Crippen LogP contribution in [-0.4, -0.2) is 28.4 Å². The average molecular weight is 301 g/mol. The van der Waals surface area contributed by atoms with Gasteiger partial charge >= 0.3 is 6.03 Å². The molecule has 112 valence electrons. The third kappa shape index (κ3) is 3.03. The summed E-state index contributed by atoms with van der Waals surface area (Å²) in [5.41, 5.74) is 0.705. The summed E-state index contributed by atoms with van der Waals surface area (Å²) in [5, 5.41) is 2.45. The second kappa shape index (κ2) is 5.80. The molecule has 2 heterocycles. The summed E-state index contributed by atoms with van der Waals surface area (Å²) in [4.78, 5) is 28.2. The molecule has 1 saturated heterocycles. The number of pyridine rings is 1. The Labute approximate surface area is 125 Å². The summed E-state index contributed by atoms with van der Waals surface area (Å²) in [6.45, 7) is 0.187. The summed E-state index contributed by atoms with van der Waals surface area (Å²) in [5.74, 6) is 0.198. The van der Waals surface area contributed by atoms with Gasteiger partial charge in [-0.2, -0.15) is 0 Å². The van der Waals surface area contributed by atoms with Crippen LogP contribution in [0, 0.1) is 5.82 Å². The Balaban J connectivity index is 1.66. The maximum Gasteiger partial charge on any atom is 0.324 e. The minimum atomic E-state index is -0.406. The predicted octanol–water partition coefficient (Wildman–Crippen LogP) is 2.06. The van der Waals surface area contributed by atoms with Crippen LogP contribution in [0.2, 0.25) is 0 Å². The molecule has 0 saturated carbocycles. The number of nitrogens with zero attached hydrogens (tertiary/aromatic N) is 2. The molecule has 1 aliphatic rings. The molecule has 0 radical (unpaired) electrons. The molecule has 0 aliphatic carbocycles. The van der Waals surface area contributed by atoms with Crippen LogP contribution in [0.25, 0.3) is 0 Å². The molecule has 1 aromatic carbocycles. The fourth-order valence-electron chi connectivity index (χ4n) is 1.99. The molecular formula is C15H12FN3O3. The average Bonchev–Trinajstić information content (AvgIpc) is 2.83. The highest BCUT2D eigenvalue weighted by atomic mass is 19.1. The molecule has 2 aromatic rings. The van der Waals surface area contributed by atoms with E-state index >= 15 is 0 Å². The zero-order chi connectivity index (χ0) is 15.5. The molecular weight excluding hydrogens is 289 g/mol. The quantitative estimate of drug-likeness (QED) is 0.878. The highest BCUT2D eigenvalue weighted by molar-refractivity contribution is 6.01. The van der Waals surface area contributed by atoms with Gasteiger partial charge in [-0.3, -0.25) is 9.69 Å². The lowest BCUT2D eigenvalue weighted by molar-refractivity contribution is -0.125. The van der Waals surface area contributed by atoms with Gasteiger partial charge in [0, 0.05) is 12.3 Å². The molecule has 1 aromatic heterocycles. The SMILES string of the molecule is O=C1CNC(=O)N1Cc1ccc(Oc2ccc(F)cc2)nc1. The van der Waals surface area contributed by atoms with E-state index in [1.54, 1.807) is 12.1 Å². The summed E-state index contributed by atoms with van der Waals surface area (Å²) >= 11 is 0. The first-order chi connectivity index (χ1) is 10.6. The van der Waals surface area contributed by atoms with Crippen molar-refractivity contribution in [3.8, 4) is 11.6 Å². The number of carbonyl (C=O) groups is 2. The third-order valence-electron chi connectivity index (χ3n) is 3.11. The summed E-state index contributed by atoms with van der Waals surface area (Å²) < 4.78 is 18.3. The second-order valence-electron chi connectivity index (χ2n) is 4.70. The van der Waals surface area contributed by atoms with Crippen LogP contribution in [0.4, 0.5) is 9.18 Å². The minimum Gasteiger partial charge on any atom is -0.439 e. The highest BCUT2D eigenvalue weighted by Gasteiger charge is 2.28. The Morgan fingerprint density at radius 3 is 2.55 bits per heavy atom. The van der Waals surface area contributed by atoms with Crippen molar-refractivity contribution in [3.63, 3.8) is 0 Å². The largest absolute Gasteiger partial charge is 0.439 e. The molecule has 0 atom stereocenters. The number of nitrogens with one attached hydrogen (secondary N) is 1. The van der Waals surface area contributed by atoms with E-state index in [-0.39, 0.29) is 24.8 Å². The monoisotopic (exact) mass is 301 g/mol. The van der Waals surface area contributed by atoms with Crippen LogP contribution in [0.15, 0.2) is 42.6 Å². The van der Waals surface area contributed by atoms with Gasteiger partial charge < -0.3 is 10.1 Å². The van der Waals surface area contributed by atoms with Crippen molar-refractivity contribution in [2.45, 2.75) is 6.54 Å². The standard InChI is InChI=1S/C15H12FN3O3/c16-11-2-4-12(5-3-11)22-13-6-1-10(7-17-13)9-19-14(20)8-18-15(19)21/h1-7H,8-9H2,(H,18,21). The predicted molar refractivity (Wildman–Crippen MR) is 74.7 cm³/mol. The Bertz CT molecular complexity index is 685. The van der Waals surface area contributed by atoms with Gasteiger partial charge in [0.1, 0.15) is 11.6 Å². The van der Waals surface area contributed by atoms with Gasteiger partial charge in [0.15, 0.2) is 0 Å². The fourth-order valence-corrected chi connectivity index (χ4v) is 1.99. The van der Waals surface area contributed by atoms with Crippen LogP contribution in [0.5, 0.6) is 11.6 Å². The lowest BCUT2D eigenvalue weighted by Crippen LogP contribution is -2.30. The van der Waals surface area contributed by atoms with Crippen molar-refractivity contribution < 1.29 is 18.7 Å². The van der Waals surface area contributed by atoms with Gasteiger partial charge in [-0.05, 0) is 29.8 Å². The van der Waals surface area contributed by atoms with E-state index < -0.39 is 6.03 Å². The smallest absolute Gasteiger partial charge is 0.324 e. The maximum absolute atomic E-state index is 12.8. The van der Waals surface area contributed by atoms with E-state index in [1.807, 2.05) is 0 Å². The molecule has 3 amide bonds. The van der Waals surface area contributed by atoms with Crippen LogP contribution < -0.4 is 10.1 Å². The summed E-state index contributed by atoms with van der Waals surface area (Å²) in [6, 6.07) is 8.51. The van der Waals surface area contributed by atoms with Crippen LogP contribution in [0.1, 0.15) is 5.56 Å². The van der Waals surface area contributed by atoms with Crippen LogP contribution in [-0.2, 0) is 11.3 Å². The van der Waals surface area contributed by atoms with E-state index in [0.717, 1.165) is 4.90 Å². The first kappa shape index (κ1) is 14.0. The topological polar surface area (TPSA) is 71.5 Å². The normalized spacial score (nSPS) is 14.1. The number of imide groups is 1. The van der Waals surface area contributed by atoms with Crippen molar-refractivity contribution in [2.24, 2.45) is 0 Å². The Morgan fingerprint density at radius 2 is 1.95 bits per heavy atom. The number of urea groups is 1. The van der Waals surface area contributed by atoms with Crippen LogP contribution >= 0.6 is 0 Å². The molecule has 0 unspecified atom stereocenters. The number of hydrogen-bond donors (Lipinski definition) is 1. The molecule has 7 heteroatoms. The Hall–Kier alpha value is -2.96. The van der Waals surface area contributed by atoms with Crippen molar-refractivity contribution in [1.82, 2.24) is 15.2 Å². The third-order valence-corrected chi connectivity index (χ3v) is 3.11. The zero-order valence-corrected chi connectivity index (χ0v) is 11.5. The molecule has 1 fully saturated rings. The number of rotatable bonds is 4. The van der Waals surface area contributed by atoms with Gasteiger partial charge in [0.2, 0.25) is 11.8 Å². The minimum absolute atomic E-state index is 0.0258. The lowest BCUT2D eigenvalue weighted by Gasteiger charge is -2.12. The van der Waals surface area contributed by atoms with Gasteiger partial charge in [0.05, 0.1) is 13.1 Å². The number of benzene rings is 1. The number of hydrogen-bond acceptors (Lipinski definition) is 4. The fraction of sp³-hybridized carbons (Fsp3) is 0.133. The number of aromatic nitrogens is 1. The van der Waals surface area contributed by atoms with Crippen molar-refractivity contribution in [2.75, 3.05) is 6.54 Å². The zero-order valence-electron chi connectivity index (χ0n) is 11.5. The van der Waals surface area contributed by atoms with Crippen molar-refractivity contribution in [3.05, 3.63) is 54.0 Å². The number of carbonyl (C=O) groups excluding carboxylic acids is 2. The molecule has 0 spiro atoms. The van der Waals surface area contributed by atoms with Crippen LogP contribution in [0.3, 0.4) is 0 Å². The molecule has 6 nitrogen and oxygen atoms in total. The Kier molecular flexibility index (Phi) is 3.69. The lowest BCUT2D eigenvalue weighted by atomic mass is 10.2. The molecule has 0 bridgehead atoms. The summed E-state index contributed by atoms with van der Waals surface area (Å²) in [7, 11) is 0. The van der Waals surface area contributed by atoms with Gasteiger partial charge in [0.25, 0.3) is 0 Å². The molecule has 1 aliphatic heterocycles. The molecule has 22 heavy (non-hydrogen) atoms. The Morgan fingerprint density at radius 1 is 1.18 bits per heavy atom. The number of amides is 3. The first-order valence-corrected chi connectivity index (χ1v) is 6.58. The van der Waals surface area contributed by atoms with Crippen molar-refractivity contribution >= 4 is 11.9 Å². The number of halogens is 1. The van der Waals surface area contributed by atoms with E-state index in [4.69, 9.17) is 4.74 Å². The molecule has 1 N–H and O–H groups in total. The summed E-state index contributed by atoms with van der Waals surface area (Å²) in [6.07, 6.45) is 1.53. The number of ether oxygens (including phenoxy) is 1. The van der Waals surface area contributed by atoms with E-state index in [1.165, 1.54) is 30.5 Å². The first-order valence-electron chi connectivity index (χ1n) is 6.58.